The molecule has 0 amide bonds. The van der Waals surface area contributed by atoms with Gasteiger partial charge in [-0.1, -0.05) is 6.58 Å². The normalized spacial score (nSPS) is 11.5. The van der Waals surface area contributed by atoms with Gasteiger partial charge in [0.05, 0.1) is 17.5 Å². The summed E-state index contributed by atoms with van der Waals surface area (Å²) in [7, 11) is 34.5. The molecule has 0 aromatic rings. The lowest BCUT2D eigenvalue weighted by atomic mass is 10.5. The zero-order valence-electron chi connectivity index (χ0n) is 34.1. The van der Waals surface area contributed by atoms with E-state index in [1.807, 2.05) is 168 Å². The van der Waals surface area contributed by atoms with Gasteiger partial charge in [-0.2, -0.15) is 0 Å². The maximum absolute atomic E-state index is 4.01. The van der Waals surface area contributed by atoms with Gasteiger partial charge in [-0.25, -0.2) is 10.0 Å². The number of rotatable bonds is 3. The molecule has 13 heteroatoms. The summed E-state index contributed by atoms with van der Waals surface area (Å²) in [6.07, 6.45) is 1.54. The predicted molar refractivity (Wildman–Crippen MR) is 208 cm³/mol. The maximum Gasteiger partial charge on any atom is 0.111 e. The van der Waals surface area contributed by atoms with E-state index in [2.05, 4.69) is 36.5 Å². The number of nitrogens with zero attached hydrogens (tertiary/aromatic N) is 13. The third-order valence-electron chi connectivity index (χ3n) is 6.08. The fourth-order valence-electron chi connectivity index (χ4n) is 1.29. The molecule has 45 heavy (non-hydrogen) atoms. The molecular weight excluding hydrogens is 566 g/mol. The molecule has 0 aromatic heterocycles. The molecule has 0 bridgehead atoms. The molecule has 268 valence electrons. The van der Waals surface area contributed by atoms with E-state index in [1.165, 1.54) is 6.34 Å². The van der Waals surface area contributed by atoms with Gasteiger partial charge in [0.1, 0.15) is 18.0 Å². The van der Waals surface area contributed by atoms with E-state index in [9.17, 15) is 0 Å². The first-order valence-electron chi connectivity index (χ1n) is 14.6. The largest absolute Gasteiger partial charge is 0.382 e. The van der Waals surface area contributed by atoms with Gasteiger partial charge >= 0.3 is 0 Å². The van der Waals surface area contributed by atoms with Gasteiger partial charge in [-0.05, 0) is 41.5 Å². The first-order valence-corrected chi connectivity index (χ1v) is 14.6. The second-order valence-corrected chi connectivity index (χ2v) is 10.7. The summed E-state index contributed by atoms with van der Waals surface area (Å²) in [5.41, 5.74) is 1.09. The Morgan fingerprint density at radius 1 is 0.422 bits per heavy atom. The second kappa shape index (κ2) is 35.0. The summed E-state index contributed by atoms with van der Waals surface area (Å²) in [4.78, 5) is 33.3. The predicted octanol–water partition coefficient (Wildman–Crippen LogP) is 3.94. The van der Waals surface area contributed by atoms with Gasteiger partial charge in [0.25, 0.3) is 0 Å². The van der Waals surface area contributed by atoms with Crippen LogP contribution in [-0.2, 0) is 0 Å². The first kappa shape index (κ1) is 54.0. The van der Waals surface area contributed by atoms with Crippen molar-refractivity contribution >= 4 is 35.5 Å². The minimum absolute atomic E-state index is 0.959. The van der Waals surface area contributed by atoms with E-state index in [0.717, 1.165) is 34.9 Å². The fourth-order valence-corrected chi connectivity index (χ4v) is 1.29. The van der Waals surface area contributed by atoms with E-state index in [4.69, 9.17) is 0 Å². The fraction of sp³-hybridized carbons (Fsp3) is 0.750. The van der Waals surface area contributed by atoms with Crippen LogP contribution in [0.15, 0.2) is 42.2 Å². The van der Waals surface area contributed by atoms with Gasteiger partial charge in [0.15, 0.2) is 0 Å². The molecule has 0 N–H and O–H groups in total. The Balaban J connectivity index is -0.000000102. The van der Waals surface area contributed by atoms with Gasteiger partial charge in [-0.3, -0.25) is 30.0 Å². The summed E-state index contributed by atoms with van der Waals surface area (Å²) >= 11 is 0. The Labute approximate surface area is 280 Å². The monoisotopic (exact) mass is 642 g/mol. The van der Waals surface area contributed by atoms with Crippen molar-refractivity contribution < 1.29 is 0 Å². The highest BCUT2D eigenvalue weighted by Gasteiger charge is 1.99. The molecule has 0 aliphatic heterocycles. The lowest BCUT2D eigenvalue weighted by Crippen LogP contribution is -2.36. The Kier molecular flexibility index (Phi) is 42.0. The van der Waals surface area contributed by atoms with Crippen LogP contribution in [0.3, 0.4) is 0 Å². The van der Waals surface area contributed by atoms with Crippen molar-refractivity contribution in [3.8, 4) is 0 Å². The molecule has 0 unspecified atom stereocenters. The zero-order valence-corrected chi connectivity index (χ0v) is 34.1. The minimum atomic E-state index is 0.959. The highest BCUT2D eigenvalue weighted by atomic mass is 15.6. The maximum atomic E-state index is 4.01. The molecule has 13 nitrogen and oxygen atoms in total. The molecule has 0 aromatic carbocycles. The van der Waals surface area contributed by atoms with Crippen LogP contribution in [0.5, 0.6) is 0 Å². The molecule has 0 rings (SSSR count). The smallest absolute Gasteiger partial charge is 0.111 e. The number of aliphatic imine (C=N–C) groups is 6. The number of allylic oxidation sites excluding steroid dienone is 1. The molecule has 0 saturated carbocycles. The van der Waals surface area contributed by atoms with Gasteiger partial charge in [0, 0.05) is 133 Å². The molecule has 0 spiro atoms. The van der Waals surface area contributed by atoms with Crippen molar-refractivity contribution in [2.75, 3.05) is 127 Å². The van der Waals surface area contributed by atoms with Crippen LogP contribution < -0.4 is 0 Å². The number of hydrazine groups is 1. The Morgan fingerprint density at radius 3 is 0.756 bits per heavy atom. The molecule has 0 fully saturated rings. The van der Waals surface area contributed by atoms with E-state index in [0.29, 0.717) is 0 Å². The molecule has 0 heterocycles. The zero-order chi connectivity index (χ0) is 37.5. The highest BCUT2D eigenvalue weighted by molar-refractivity contribution is 5.86. The van der Waals surface area contributed by atoms with E-state index >= 15 is 0 Å². The summed E-state index contributed by atoms with van der Waals surface area (Å²) in [6.45, 7) is 15.5. The van der Waals surface area contributed by atoms with E-state index < -0.39 is 0 Å². The van der Waals surface area contributed by atoms with Gasteiger partial charge < -0.3 is 24.5 Å². The lowest BCUT2D eigenvalue weighted by Gasteiger charge is -2.25. The topological polar surface area (TPSA) is 96.8 Å². The molecule has 0 aliphatic carbocycles. The number of hydrogen-bond donors (Lipinski definition) is 0. The van der Waals surface area contributed by atoms with Crippen LogP contribution in [-0.4, -0.2) is 197 Å². The second-order valence-electron chi connectivity index (χ2n) is 10.7. The van der Waals surface area contributed by atoms with Crippen LogP contribution >= 0.6 is 0 Å². The van der Waals surface area contributed by atoms with E-state index in [1.54, 1.807) is 35.2 Å². The number of hydrogen-bond acceptors (Lipinski definition) is 7. The summed E-state index contributed by atoms with van der Waals surface area (Å²) < 4.78 is 0. The number of amidine groups is 5. The van der Waals surface area contributed by atoms with Crippen LogP contribution in [0.25, 0.3) is 0 Å². The Hall–Kier alpha value is -3.48. The average molecular weight is 642 g/mol. The quantitative estimate of drug-likeness (QED) is 0.262. The van der Waals surface area contributed by atoms with Crippen molar-refractivity contribution in [3.63, 3.8) is 0 Å². The summed E-state index contributed by atoms with van der Waals surface area (Å²) in [5.74, 6) is 5.14. The van der Waals surface area contributed by atoms with E-state index in [-0.39, 0.29) is 0 Å². The standard InChI is InChI=1S/C6H15N3.C6H13N3.3C5H12N2.C5H11N/c1-6(7-2)9(5)8(3)4;1-6(9(3)4)8-5-7-2;3*1-5(6-2)7(3)4;1-5(2)6(3)4/h1-5H3;5H,1-4H3;3*1-4H3;1H2,2-4H3. The van der Waals surface area contributed by atoms with Gasteiger partial charge in [-0.15, -0.1) is 0 Å². The minimum Gasteiger partial charge on any atom is -0.382 e. The lowest BCUT2D eigenvalue weighted by molar-refractivity contribution is 0.143. The Bertz CT molecular complexity index is 825. The van der Waals surface area contributed by atoms with Crippen molar-refractivity contribution in [3.05, 3.63) is 12.3 Å². The van der Waals surface area contributed by atoms with Crippen LogP contribution in [0.1, 0.15) is 41.5 Å². The summed E-state index contributed by atoms with van der Waals surface area (Å²) in [5, 5.41) is 3.95. The molecule has 0 saturated heterocycles. The van der Waals surface area contributed by atoms with Crippen molar-refractivity contribution in [2.24, 2.45) is 30.0 Å². The first-order chi connectivity index (χ1) is 20.5. The molecule has 0 aliphatic rings. The third kappa shape index (κ3) is 45.1. The van der Waals surface area contributed by atoms with Crippen molar-refractivity contribution in [1.29, 1.82) is 0 Å². The molecule has 0 radical (unpaired) electrons. The van der Waals surface area contributed by atoms with Crippen LogP contribution in [0.4, 0.5) is 0 Å². The summed E-state index contributed by atoms with van der Waals surface area (Å²) in [6, 6.07) is 0. The molecular formula is C32H75N13. The third-order valence-corrected chi connectivity index (χ3v) is 6.08. The average Bonchev–Trinajstić information content (AvgIpc) is 2.98. The van der Waals surface area contributed by atoms with Crippen molar-refractivity contribution in [1.82, 2.24) is 34.5 Å². The van der Waals surface area contributed by atoms with Crippen LogP contribution in [0.2, 0.25) is 0 Å². The van der Waals surface area contributed by atoms with Gasteiger partial charge in [0.2, 0.25) is 0 Å². The van der Waals surface area contributed by atoms with Crippen LogP contribution in [0, 0.1) is 0 Å². The SMILES string of the molecule is C=C(C)N(C)C.CN=C(C)N(C)C.CN=C(C)N(C)C.CN=C(C)N(C)C.CN=C(C)N(C)N(C)C.CN=CN=C(C)N(C)C. The Morgan fingerprint density at radius 2 is 0.667 bits per heavy atom. The molecule has 0 atom stereocenters. The van der Waals surface area contributed by atoms with Crippen molar-refractivity contribution in [2.45, 2.75) is 41.5 Å². The highest BCUT2D eigenvalue weighted by Crippen LogP contribution is 1.88.